The molecule has 1 N–H and O–H groups in total. The molecule has 94 valence electrons. The number of carbonyl (C=O) groups excluding carboxylic acids is 1. The van der Waals surface area contributed by atoms with Gasteiger partial charge in [0.2, 0.25) is 5.13 Å². The Hall–Kier alpha value is -1.86. The third-order valence-corrected chi connectivity index (χ3v) is 2.92. The molecule has 18 heavy (non-hydrogen) atoms. The molecule has 1 aromatic heterocycles. The molecule has 0 fully saturated rings. The fourth-order valence-electron chi connectivity index (χ4n) is 1.30. The number of methoxy groups -OCH3 is 1. The van der Waals surface area contributed by atoms with Crippen molar-refractivity contribution in [2.45, 2.75) is 0 Å². The number of nitrogens with zero attached hydrogens (tertiary/aromatic N) is 2. The lowest BCUT2D eigenvalue weighted by Gasteiger charge is -1.98. The minimum atomic E-state index is -0.372. The first kappa shape index (κ1) is 12.6. The zero-order valence-electron chi connectivity index (χ0n) is 9.51. The zero-order chi connectivity index (χ0) is 13.0. The van der Waals surface area contributed by atoms with E-state index in [0.717, 1.165) is 11.3 Å². The SMILES string of the molecule is COCC(=O)Nc1nnc(-c2ccccc2F)s1. The van der Waals surface area contributed by atoms with Crippen molar-refractivity contribution in [2.75, 3.05) is 19.0 Å². The Kier molecular flexibility index (Phi) is 3.96. The van der Waals surface area contributed by atoms with Crippen LogP contribution in [0.15, 0.2) is 24.3 Å². The summed E-state index contributed by atoms with van der Waals surface area (Å²) in [5, 5.41) is 10.8. The molecule has 1 aromatic carbocycles. The predicted molar refractivity (Wildman–Crippen MR) is 65.8 cm³/mol. The number of hydrogen-bond donors (Lipinski definition) is 1. The van der Waals surface area contributed by atoms with E-state index in [1.54, 1.807) is 18.2 Å². The molecule has 1 heterocycles. The van der Waals surface area contributed by atoms with Gasteiger partial charge in [-0.3, -0.25) is 10.1 Å². The Balaban J connectivity index is 2.16. The summed E-state index contributed by atoms with van der Waals surface area (Å²) in [6, 6.07) is 6.26. The van der Waals surface area contributed by atoms with Gasteiger partial charge in [0, 0.05) is 12.7 Å². The molecule has 2 aromatic rings. The summed E-state index contributed by atoms with van der Waals surface area (Å²) in [7, 11) is 1.42. The average Bonchev–Trinajstić information content (AvgIpc) is 2.78. The van der Waals surface area contributed by atoms with E-state index in [1.807, 2.05) is 0 Å². The van der Waals surface area contributed by atoms with Crippen molar-refractivity contribution in [3.63, 3.8) is 0 Å². The quantitative estimate of drug-likeness (QED) is 0.919. The smallest absolute Gasteiger partial charge is 0.252 e. The summed E-state index contributed by atoms with van der Waals surface area (Å²) in [5.41, 5.74) is 0.363. The molecular weight excluding hydrogens is 257 g/mol. The maximum atomic E-state index is 13.5. The van der Waals surface area contributed by atoms with Crippen LogP contribution < -0.4 is 5.32 Å². The van der Waals surface area contributed by atoms with Crippen LogP contribution in [-0.4, -0.2) is 29.8 Å². The van der Waals surface area contributed by atoms with Gasteiger partial charge in [0.1, 0.15) is 12.4 Å². The van der Waals surface area contributed by atoms with Gasteiger partial charge in [-0.25, -0.2) is 4.39 Å². The third kappa shape index (κ3) is 2.88. The Bertz CT molecular complexity index is 559. The van der Waals surface area contributed by atoms with Gasteiger partial charge in [-0.1, -0.05) is 23.5 Å². The molecule has 5 nitrogen and oxygen atoms in total. The standard InChI is InChI=1S/C11H10FN3O2S/c1-17-6-9(16)13-11-15-14-10(18-11)7-4-2-3-5-8(7)12/h2-5H,6H2,1H3,(H,13,15,16). The fraction of sp³-hybridized carbons (Fsp3) is 0.182. The maximum absolute atomic E-state index is 13.5. The number of nitrogens with one attached hydrogen (secondary N) is 1. The molecule has 2 rings (SSSR count). The van der Waals surface area contributed by atoms with E-state index < -0.39 is 0 Å². The summed E-state index contributed by atoms with van der Waals surface area (Å²) >= 11 is 1.10. The molecule has 1 amide bonds. The van der Waals surface area contributed by atoms with Gasteiger partial charge >= 0.3 is 0 Å². The minimum Gasteiger partial charge on any atom is -0.375 e. The van der Waals surface area contributed by atoms with Gasteiger partial charge in [0.15, 0.2) is 5.01 Å². The van der Waals surface area contributed by atoms with Crippen molar-refractivity contribution < 1.29 is 13.9 Å². The van der Waals surface area contributed by atoms with Crippen molar-refractivity contribution in [1.82, 2.24) is 10.2 Å². The van der Waals surface area contributed by atoms with Crippen molar-refractivity contribution in [1.29, 1.82) is 0 Å². The molecule has 7 heteroatoms. The topological polar surface area (TPSA) is 64.1 Å². The van der Waals surface area contributed by atoms with Crippen LogP contribution in [0.25, 0.3) is 10.6 Å². The second kappa shape index (κ2) is 5.65. The Morgan fingerprint density at radius 1 is 1.44 bits per heavy atom. The number of amides is 1. The molecule has 0 unspecified atom stereocenters. The first-order valence-electron chi connectivity index (χ1n) is 5.08. The average molecular weight is 267 g/mol. The fourth-order valence-corrected chi connectivity index (χ4v) is 2.09. The molecule has 0 aliphatic carbocycles. The van der Waals surface area contributed by atoms with E-state index in [-0.39, 0.29) is 18.3 Å². The minimum absolute atomic E-state index is 0.0609. The van der Waals surface area contributed by atoms with Crippen LogP contribution >= 0.6 is 11.3 Å². The van der Waals surface area contributed by atoms with Crippen LogP contribution in [0.1, 0.15) is 0 Å². The van der Waals surface area contributed by atoms with Crippen molar-refractivity contribution in [3.8, 4) is 10.6 Å². The number of carbonyl (C=O) groups is 1. The Morgan fingerprint density at radius 3 is 2.94 bits per heavy atom. The highest BCUT2D eigenvalue weighted by Crippen LogP contribution is 2.27. The van der Waals surface area contributed by atoms with Gasteiger partial charge in [-0.2, -0.15) is 0 Å². The van der Waals surface area contributed by atoms with Crippen LogP contribution in [0.4, 0.5) is 9.52 Å². The van der Waals surface area contributed by atoms with E-state index in [1.165, 1.54) is 13.2 Å². The van der Waals surface area contributed by atoms with E-state index in [4.69, 9.17) is 0 Å². The molecule has 0 spiro atoms. The highest BCUT2D eigenvalue weighted by atomic mass is 32.1. The summed E-state index contributed by atoms with van der Waals surface area (Å²) in [6.45, 7) is -0.0609. The third-order valence-electron chi connectivity index (χ3n) is 2.05. The largest absolute Gasteiger partial charge is 0.375 e. The second-order valence-electron chi connectivity index (χ2n) is 3.37. The predicted octanol–water partition coefficient (Wildman–Crippen LogP) is 1.93. The van der Waals surface area contributed by atoms with E-state index >= 15 is 0 Å². The lowest BCUT2D eigenvalue weighted by atomic mass is 10.2. The van der Waals surface area contributed by atoms with Gasteiger partial charge < -0.3 is 4.74 Å². The van der Waals surface area contributed by atoms with Gasteiger partial charge in [0.05, 0.1) is 0 Å². The molecular formula is C11H10FN3O2S. The number of halogens is 1. The van der Waals surface area contributed by atoms with Crippen molar-refractivity contribution in [3.05, 3.63) is 30.1 Å². The first-order chi connectivity index (χ1) is 8.70. The summed E-state index contributed by atoms with van der Waals surface area (Å²) < 4.78 is 18.2. The Labute approximate surface area is 107 Å². The van der Waals surface area contributed by atoms with Crippen LogP contribution in [0.2, 0.25) is 0 Å². The van der Waals surface area contributed by atoms with Crippen LogP contribution in [-0.2, 0) is 9.53 Å². The number of aromatic nitrogens is 2. The Morgan fingerprint density at radius 2 is 2.22 bits per heavy atom. The molecule has 0 aliphatic rings. The summed E-state index contributed by atoms with van der Waals surface area (Å²) in [6.07, 6.45) is 0. The number of hydrogen-bond acceptors (Lipinski definition) is 5. The van der Waals surface area contributed by atoms with E-state index in [0.29, 0.717) is 15.7 Å². The van der Waals surface area contributed by atoms with Crippen LogP contribution in [0, 0.1) is 5.82 Å². The van der Waals surface area contributed by atoms with Crippen LogP contribution in [0.5, 0.6) is 0 Å². The number of anilines is 1. The molecule has 0 bridgehead atoms. The summed E-state index contributed by atoms with van der Waals surface area (Å²) in [5.74, 6) is -0.697. The molecule has 0 saturated carbocycles. The lowest BCUT2D eigenvalue weighted by Crippen LogP contribution is -2.16. The second-order valence-corrected chi connectivity index (χ2v) is 4.35. The number of ether oxygens (including phenoxy) is 1. The monoisotopic (exact) mass is 267 g/mol. The van der Waals surface area contributed by atoms with Crippen LogP contribution in [0.3, 0.4) is 0 Å². The van der Waals surface area contributed by atoms with Gasteiger partial charge in [-0.15, -0.1) is 10.2 Å². The highest BCUT2D eigenvalue weighted by molar-refractivity contribution is 7.18. The number of rotatable bonds is 4. The van der Waals surface area contributed by atoms with Gasteiger partial charge in [0.25, 0.3) is 5.91 Å². The zero-order valence-corrected chi connectivity index (χ0v) is 10.3. The molecule has 0 aliphatic heterocycles. The van der Waals surface area contributed by atoms with E-state index in [9.17, 15) is 9.18 Å². The molecule has 0 saturated heterocycles. The van der Waals surface area contributed by atoms with Crippen molar-refractivity contribution in [2.24, 2.45) is 0 Å². The first-order valence-corrected chi connectivity index (χ1v) is 5.89. The number of benzene rings is 1. The van der Waals surface area contributed by atoms with Crippen molar-refractivity contribution >= 4 is 22.4 Å². The summed E-state index contributed by atoms with van der Waals surface area (Å²) in [4.78, 5) is 11.3. The lowest BCUT2D eigenvalue weighted by molar-refractivity contribution is -0.119. The maximum Gasteiger partial charge on any atom is 0.252 e. The van der Waals surface area contributed by atoms with Gasteiger partial charge in [-0.05, 0) is 12.1 Å². The molecule has 0 radical (unpaired) electrons. The van der Waals surface area contributed by atoms with E-state index in [2.05, 4.69) is 20.3 Å². The molecule has 0 atom stereocenters. The normalized spacial score (nSPS) is 10.3. The highest BCUT2D eigenvalue weighted by Gasteiger charge is 2.12.